The van der Waals surface area contributed by atoms with E-state index in [1.54, 1.807) is 0 Å². The van der Waals surface area contributed by atoms with Gasteiger partial charge in [-0.05, 0) is 67.9 Å². The lowest BCUT2D eigenvalue weighted by molar-refractivity contribution is -0.136. The summed E-state index contributed by atoms with van der Waals surface area (Å²) < 4.78 is 35.0. The average molecular weight is 566 g/mol. The van der Waals surface area contributed by atoms with Gasteiger partial charge in [-0.3, -0.25) is 0 Å². The van der Waals surface area contributed by atoms with Gasteiger partial charge < -0.3 is 24.8 Å². The number of nitrogens with one attached hydrogen (secondary N) is 2. The average Bonchev–Trinajstić information content (AvgIpc) is 3.40. The minimum Gasteiger partial charge on any atom is -0.466 e. The number of fused-ring (bicyclic) bond motifs is 1. The predicted molar refractivity (Wildman–Crippen MR) is 149 cm³/mol. The second-order valence-electron chi connectivity index (χ2n) is 10.3. The molecule has 1 atom stereocenters. The highest BCUT2D eigenvalue weighted by Crippen LogP contribution is 2.35. The van der Waals surface area contributed by atoms with E-state index in [-0.39, 0.29) is 23.4 Å². The molecule has 2 aliphatic heterocycles. The third-order valence-corrected chi connectivity index (χ3v) is 7.84. The standard InChI is InChI=1S/C30H33F2N5O4/c1-19-26(28(38)41-2)27(21-8-9-23(31)24(32)18-21)37(30(40)34-19)29(39)33-13-5-14-35-15-11-22(12-16-35)36-17-10-20-6-3-4-7-25(20)36/h3-4,6-10,17-18,22,27H,5,11-16H2,1-2H3,(H,33,39)(H,34,40). The molecule has 4 amide bonds. The number of piperidine rings is 1. The van der Waals surface area contributed by atoms with E-state index < -0.39 is 35.7 Å². The largest absolute Gasteiger partial charge is 0.466 e. The van der Waals surface area contributed by atoms with Gasteiger partial charge in [0.25, 0.3) is 0 Å². The fourth-order valence-corrected chi connectivity index (χ4v) is 5.75. The van der Waals surface area contributed by atoms with Crippen molar-refractivity contribution in [3.63, 3.8) is 0 Å². The SMILES string of the molecule is COC(=O)C1=C(C)NC(=O)N(C(=O)NCCCN2CCC(n3ccc4ccccc43)CC2)C1c1ccc(F)c(F)c1. The molecule has 2 aromatic carbocycles. The molecule has 0 radical (unpaired) electrons. The van der Waals surface area contributed by atoms with Crippen LogP contribution >= 0.6 is 0 Å². The van der Waals surface area contributed by atoms with Crippen LogP contribution in [0.1, 0.15) is 43.8 Å². The molecule has 2 aliphatic rings. The maximum absolute atomic E-state index is 14.1. The van der Waals surface area contributed by atoms with E-state index in [1.165, 1.54) is 23.9 Å². The van der Waals surface area contributed by atoms with Gasteiger partial charge in [0.2, 0.25) is 0 Å². The highest BCUT2D eigenvalue weighted by Gasteiger charge is 2.42. The maximum Gasteiger partial charge on any atom is 0.337 e. The molecule has 1 saturated heterocycles. The Morgan fingerprint density at radius 2 is 1.83 bits per heavy atom. The van der Waals surface area contributed by atoms with Crippen LogP contribution in [0.15, 0.2) is 66.0 Å². The Labute approximate surface area is 236 Å². The summed E-state index contributed by atoms with van der Waals surface area (Å²) >= 11 is 0. The Hall–Kier alpha value is -4.25. The molecular formula is C30H33F2N5O4. The van der Waals surface area contributed by atoms with Crippen molar-refractivity contribution in [1.29, 1.82) is 0 Å². The summed E-state index contributed by atoms with van der Waals surface area (Å²) in [6.07, 6.45) is 4.85. The number of likely N-dealkylation sites (tertiary alicyclic amines) is 1. The molecule has 0 saturated carbocycles. The lowest BCUT2D eigenvalue weighted by Gasteiger charge is -2.36. The van der Waals surface area contributed by atoms with E-state index in [1.807, 2.05) is 6.07 Å². The summed E-state index contributed by atoms with van der Waals surface area (Å²) in [6, 6.07) is 11.1. The number of aromatic nitrogens is 1. The number of carbonyl (C=O) groups is 3. The highest BCUT2D eigenvalue weighted by molar-refractivity contribution is 6.01. The normalized spacial score (nSPS) is 18.5. The maximum atomic E-state index is 14.1. The summed E-state index contributed by atoms with van der Waals surface area (Å²) in [5, 5.41) is 6.48. The van der Waals surface area contributed by atoms with Crippen molar-refractivity contribution < 1.29 is 27.9 Å². The minimum atomic E-state index is -1.30. The van der Waals surface area contributed by atoms with E-state index in [0.29, 0.717) is 12.5 Å². The number of esters is 1. The van der Waals surface area contributed by atoms with Crippen molar-refractivity contribution in [3.8, 4) is 0 Å². The monoisotopic (exact) mass is 565 g/mol. The molecule has 1 aromatic heterocycles. The van der Waals surface area contributed by atoms with Gasteiger partial charge >= 0.3 is 18.0 Å². The van der Waals surface area contributed by atoms with E-state index in [2.05, 4.69) is 50.6 Å². The molecule has 41 heavy (non-hydrogen) atoms. The Bertz CT molecular complexity index is 1500. The van der Waals surface area contributed by atoms with Gasteiger partial charge in [0.05, 0.1) is 12.7 Å². The van der Waals surface area contributed by atoms with Crippen LogP contribution in [0.2, 0.25) is 0 Å². The van der Waals surface area contributed by atoms with Crippen LogP contribution in [0.4, 0.5) is 18.4 Å². The number of benzene rings is 2. The first-order valence-electron chi connectivity index (χ1n) is 13.7. The van der Waals surface area contributed by atoms with Gasteiger partial charge in [-0.25, -0.2) is 28.1 Å². The Morgan fingerprint density at radius 3 is 2.56 bits per heavy atom. The fraction of sp³-hybridized carbons (Fsp3) is 0.367. The third kappa shape index (κ3) is 5.81. The number of hydrogen-bond acceptors (Lipinski definition) is 5. The molecule has 0 spiro atoms. The quantitative estimate of drug-likeness (QED) is 0.315. The number of hydrogen-bond donors (Lipinski definition) is 2. The smallest absolute Gasteiger partial charge is 0.337 e. The second-order valence-corrected chi connectivity index (χ2v) is 10.3. The molecular weight excluding hydrogens is 532 g/mol. The molecule has 216 valence electrons. The molecule has 9 nitrogen and oxygen atoms in total. The zero-order chi connectivity index (χ0) is 29.1. The number of halogens is 2. The van der Waals surface area contributed by atoms with Crippen molar-refractivity contribution >= 4 is 28.9 Å². The Morgan fingerprint density at radius 1 is 1.07 bits per heavy atom. The lowest BCUT2D eigenvalue weighted by atomic mass is 9.94. The molecule has 1 fully saturated rings. The van der Waals surface area contributed by atoms with Crippen LogP contribution in [0.25, 0.3) is 10.9 Å². The van der Waals surface area contributed by atoms with Crippen molar-refractivity contribution in [2.45, 2.75) is 38.3 Å². The molecule has 3 aromatic rings. The summed E-state index contributed by atoms with van der Waals surface area (Å²) in [5.74, 6) is -3.05. The highest BCUT2D eigenvalue weighted by atomic mass is 19.2. The molecule has 0 bridgehead atoms. The van der Waals surface area contributed by atoms with E-state index in [9.17, 15) is 23.2 Å². The van der Waals surface area contributed by atoms with Crippen LogP contribution in [-0.2, 0) is 9.53 Å². The summed E-state index contributed by atoms with van der Waals surface area (Å²) in [6.45, 7) is 4.40. The van der Waals surface area contributed by atoms with Gasteiger partial charge in [0.1, 0.15) is 6.04 Å². The predicted octanol–water partition coefficient (Wildman–Crippen LogP) is 4.87. The minimum absolute atomic E-state index is 0.0494. The number of para-hydroxylation sites is 1. The number of carbonyl (C=O) groups excluding carboxylic acids is 3. The number of rotatable bonds is 7. The zero-order valence-corrected chi connectivity index (χ0v) is 23.0. The molecule has 3 heterocycles. The van der Waals surface area contributed by atoms with Crippen LogP contribution in [0.3, 0.4) is 0 Å². The van der Waals surface area contributed by atoms with Crippen LogP contribution in [-0.4, -0.2) is 65.7 Å². The topological polar surface area (TPSA) is 95.9 Å². The van der Waals surface area contributed by atoms with Crippen molar-refractivity contribution in [1.82, 2.24) is 25.0 Å². The zero-order valence-electron chi connectivity index (χ0n) is 23.0. The molecule has 2 N–H and O–H groups in total. The number of methoxy groups -OCH3 is 1. The van der Waals surface area contributed by atoms with Crippen LogP contribution < -0.4 is 10.6 Å². The second kappa shape index (κ2) is 12.1. The number of nitrogens with zero attached hydrogens (tertiary/aromatic N) is 3. The first-order chi connectivity index (χ1) is 19.8. The van der Waals surface area contributed by atoms with Gasteiger partial charge in [-0.1, -0.05) is 24.3 Å². The number of allylic oxidation sites excluding steroid dienone is 1. The first kappa shape index (κ1) is 28.3. The number of ether oxygens (including phenoxy) is 1. The summed E-state index contributed by atoms with van der Waals surface area (Å²) in [4.78, 5) is 41.9. The first-order valence-corrected chi connectivity index (χ1v) is 13.7. The van der Waals surface area contributed by atoms with E-state index in [0.717, 1.165) is 56.6 Å². The number of urea groups is 2. The van der Waals surface area contributed by atoms with Gasteiger partial charge in [-0.2, -0.15) is 0 Å². The number of amides is 4. The number of imide groups is 1. The summed E-state index contributed by atoms with van der Waals surface area (Å²) in [7, 11) is 1.16. The van der Waals surface area contributed by atoms with Crippen molar-refractivity contribution in [3.05, 3.63) is 83.2 Å². The van der Waals surface area contributed by atoms with Crippen LogP contribution in [0, 0.1) is 11.6 Å². The van der Waals surface area contributed by atoms with E-state index >= 15 is 0 Å². The van der Waals surface area contributed by atoms with E-state index in [4.69, 9.17) is 4.74 Å². The van der Waals surface area contributed by atoms with Crippen molar-refractivity contribution in [2.75, 3.05) is 33.3 Å². The molecule has 5 rings (SSSR count). The van der Waals surface area contributed by atoms with Gasteiger partial charge in [-0.15, -0.1) is 0 Å². The van der Waals surface area contributed by atoms with Crippen molar-refractivity contribution in [2.24, 2.45) is 0 Å². The van der Waals surface area contributed by atoms with Gasteiger partial charge in [0.15, 0.2) is 11.6 Å². The van der Waals surface area contributed by atoms with Gasteiger partial charge in [0, 0.05) is 43.1 Å². The third-order valence-electron chi connectivity index (χ3n) is 7.84. The Kier molecular flexibility index (Phi) is 8.34. The fourth-order valence-electron chi connectivity index (χ4n) is 5.75. The molecule has 0 aliphatic carbocycles. The summed E-state index contributed by atoms with van der Waals surface area (Å²) in [5.41, 5.74) is 1.42. The molecule has 1 unspecified atom stereocenters. The Balaban J connectivity index is 1.19. The molecule has 11 heteroatoms. The van der Waals surface area contributed by atoms with Crippen LogP contribution in [0.5, 0.6) is 0 Å². The lowest BCUT2D eigenvalue weighted by Crippen LogP contribution is -2.54.